The molecule has 0 aromatic heterocycles. The lowest BCUT2D eigenvalue weighted by Gasteiger charge is -2.25. The van der Waals surface area contributed by atoms with Crippen molar-refractivity contribution in [3.05, 3.63) is 97.2 Å². The molecule has 0 rings (SSSR count). The normalized spacial score (nSPS) is 13.0. The summed E-state index contributed by atoms with van der Waals surface area (Å²) in [6, 6.07) is 0. The highest BCUT2D eigenvalue weighted by atomic mass is 16.7. The summed E-state index contributed by atoms with van der Waals surface area (Å²) in [5.74, 6) is -1.97. The molecule has 0 spiro atoms. The van der Waals surface area contributed by atoms with Crippen LogP contribution in [0.2, 0.25) is 0 Å². The van der Waals surface area contributed by atoms with Crippen molar-refractivity contribution in [2.45, 2.75) is 450 Å². The van der Waals surface area contributed by atoms with E-state index in [1.54, 1.807) is 0 Å². The number of aliphatic carboxylic acids is 1. The molecule has 2 unspecified atom stereocenters. The number of carboxylic acids is 1. The molecule has 0 heterocycles. The molecule has 0 saturated heterocycles. The van der Waals surface area contributed by atoms with E-state index < -0.39 is 18.4 Å². The molecule has 0 saturated carbocycles. The van der Waals surface area contributed by atoms with E-state index in [0.717, 1.165) is 83.5 Å². The van der Waals surface area contributed by atoms with E-state index in [1.807, 2.05) is 21.1 Å². The zero-order chi connectivity index (χ0) is 76.0. The number of carbonyl (C=O) groups excluding carboxylic acids is 2. The van der Waals surface area contributed by atoms with Gasteiger partial charge in [0.25, 0.3) is 6.29 Å². The SMILES string of the molecule is CC/C=C\C/C=C\C/C=C\C/C=C\C/C=C\CCCCCCCCCCCCCCCCCCCCCCCCCC(=O)OC(COC(=O)CCCCCCCCCCCCCCCCCCCCCCCCCCCC/C=C\C/C=C\C/C=C\CCCCCCC)COC(OCC[N+](C)(C)C)C(=O)O. The average molecular weight is 1470 g/mol. The topological polar surface area (TPSA) is 108 Å². The summed E-state index contributed by atoms with van der Waals surface area (Å²) in [4.78, 5) is 37.8. The van der Waals surface area contributed by atoms with Crippen LogP contribution < -0.4 is 0 Å². The van der Waals surface area contributed by atoms with Crippen LogP contribution in [0.3, 0.4) is 0 Å². The van der Waals surface area contributed by atoms with Crippen molar-refractivity contribution in [1.29, 1.82) is 0 Å². The Morgan fingerprint density at radius 2 is 0.543 bits per heavy atom. The summed E-state index contributed by atoms with van der Waals surface area (Å²) in [5, 5.41) is 9.80. The lowest BCUT2D eigenvalue weighted by atomic mass is 10.0. The molecule has 0 aliphatic heterocycles. The number of nitrogens with zero attached hydrogens (tertiary/aromatic N) is 1. The lowest BCUT2D eigenvalue weighted by Crippen LogP contribution is -2.40. The standard InChI is InChI=1S/C96H173NO8/c1-6-8-10-12-14-16-18-20-22-24-26-28-30-32-34-36-38-40-42-44-46-47-49-50-52-54-56-58-60-62-64-66-68-70-72-74-76-78-80-82-84-86-93(98)103-90-92(91-104-96(95(100)101)102-89-88-97(3,4)5)105-94(99)87-85-83-81-79-77-75-73-71-69-67-65-63-61-59-57-55-53-51-48-45-43-41-39-37-35-33-31-29-27-25-23-21-19-17-15-13-11-9-7-2/h9,11,15,17-18,20-21,23-24,26-27,29-30,32-33,35,92,96H,6-8,10,12-14,16,19,22,25,28,31,34,36-91H2,1-5H3/p+1/b11-9-,17-15-,20-18-,23-21-,26-24-,29-27-,32-30-,35-33-. The van der Waals surface area contributed by atoms with Crippen molar-refractivity contribution < 1.29 is 42.9 Å². The number of hydrogen-bond donors (Lipinski definition) is 1. The van der Waals surface area contributed by atoms with Gasteiger partial charge >= 0.3 is 17.9 Å². The van der Waals surface area contributed by atoms with Crippen LogP contribution in [0.4, 0.5) is 0 Å². The number of esters is 2. The Morgan fingerprint density at radius 1 is 0.295 bits per heavy atom. The lowest BCUT2D eigenvalue weighted by molar-refractivity contribution is -0.870. The minimum atomic E-state index is -1.51. The number of carbonyl (C=O) groups is 3. The van der Waals surface area contributed by atoms with Crippen LogP contribution in [0.5, 0.6) is 0 Å². The zero-order valence-electron chi connectivity index (χ0n) is 70.1. The first kappa shape index (κ1) is 101. The molecule has 610 valence electrons. The van der Waals surface area contributed by atoms with E-state index in [0.29, 0.717) is 17.4 Å². The Morgan fingerprint density at radius 3 is 0.810 bits per heavy atom. The fraction of sp³-hybridized carbons (Fsp3) is 0.802. The molecule has 0 fully saturated rings. The van der Waals surface area contributed by atoms with Crippen molar-refractivity contribution in [2.75, 3.05) is 47.5 Å². The first-order valence-corrected chi connectivity index (χ1v) is 45.4. The summed E-state index contributed by atoms with van der Waals surface area (Å²) >= 11 is 0. The Kier molecular flexibility index (Phi) is 82.7. The van der Waals surface area contributed by atoms with Gasteiger partial charge in [0.15, 0.2) is 6.10 Å². The molecule has 9 heteroatoms. The third kappa shape index (κ3) is 87.3. The maximum atomic E-state index is 13.0. The van der Waals surface area contributed by atoms with Gasteiger partial charge in [-0.05, 0) is 96.3 Å². The number of hydrogen-bond acceptors (Lipinski definition) is 7. The fourth-order valence-electron chi connectivity index (χ4n) is 13.5. The summed E-state index contributed by atoms with van der Waals surface area (Å²) in [6.07, 6.45) is 118. The van der Waals surface area contributed by atoms with E-state index in [2.05, 4.69) is 111 Å². The summed E-state index contributed by atoms with van der Waals surface area (Å²) in [7, 11) is 6.00. The van der Waals surface area contributed by atoms with Crippen molar-refractivity contribution in [3.8, 4) is 0 Å². The van der Waals surface area contributed by atoms with Gasteiger partial charge in [-0.1, -0.05) is 426 Å². The Bertz CT molecular complexity index is 2060. The predicted molar refractivity (Wildman–Crippen MR) is 456 cm³/mol. The van der Waals surface area contributed by atoms with Crippen LogP contribution in [0.15, 0.2) is 97.2 Å². The van der Waals surface area contributed by atoms with Crippen LogP contribution in [-0.4, -0.2) is 87.4 Å². The van der Waals surface area contributed by atoms with Gasteiger partial charge in [0.1, 0.15) is 13.2 Å². The van der Waals surface area contributed by atoms with Crippen molar-refractivity contribution in [1.82, 2.24) is 0 Å². The van der Waals surface area contributed by atoms with Crippen LogP contribution in [0.1, 0.15) is 438 Å². The second kappa shape index (κ2) is 85.8. The molecular weight excluding hydrogens is 1300 g/mol. The van der Waals surface area contributed by atoms with Crippen molar-refractivity contribution >= 4 is 17.9 Å². The summed E-state index contributed by atoms with van der Waals surface area (Å²) < 4.78 is 23.1. The molecule has 0 bridgehead atoms. The molecule has 105 heavy (non-hydrogen) atoms. The highest BCUT2D eigenvalue weighted by molar-refractivity contribution is 5.71. The van der Waals surface area contributed by atoms with Crippen LogP contribution in [0, 0.1) is 0 Å². The van der Waals surface area contributed by atoms with E-state index in [1.165, 1.54) is 327 Å². The van der Waals surface area contributed by atoms with Gasteiger partial charge in [-0.2, -0.15) is 0 Å². The molecule has 0 aliphatic carbocycles. The zero-order valence-corrected chi connectivity index (χ0v) is 70.1. The second-order valence-corrected chi connectivity index (χ2v) is 31.9. The second-order valence-electron chi connectivity index (χ2n) is 31.9. The average Bonchev–Trinajstić information content (AvgIpc) is 1.97. The molecule has 0 radical (unpaired) electrons. The maximum absolute atomic E-state index is 13.0. The van der Waals surface area contributed by atoms with Gasteiger partial charge in [0.2, 0.25) is 0 Å². The molecule has 0 aromatic rings. The van der Waals surface area contributed by atoms with Crippen molar-refractivity contribution in [2.24, 2.45) is 0 Å². The minimum Gasteiger partial charge on any atom is -0.477 e. The van der Waals surface area contributed by atoms with Crippen LogP contribution in [0.25, 0.3) is 0 Å². The summed E-state index contributed by atoms with van der Waals surface area (Å²) in [6.45, 7) is 4.82. The van der Waals surface area contributed by atoms with E-state index in [4.69, 9.17) is 18.9 Å². The van der Waals surface area contributed by atoms with Crippen LogP contribution in [-0.2, 0) is 33.3 Å². The minimum absolute atomic E-state index is 0.178. The highest BCUT2D eigenvalue weighted by Crippen LogP contribution is 2.20. The fourth-order valence-corrected chi connectivity index (χ4v) is 13.5. The number of quaternary nitrogens is 1. The molecule has 2 atom stereocenters. The van der Waals surface area contributed by atoms with Crippen LogP contribution >= 0.6 is 0 Å². The van der Waals surface area contributed by atoms with Gasteiger partial charge < -0.3 is 28.5 Å². The van der Waals surface area contributed by atoms with Crippen molar-refractivity contribution in [3.63, 3.8) is 0 Å². The smallest absolute Gasteiger partial charge is 0.361 e. The molecular formula is C96H174NO8+. The Balaban J connectivity index is 3.90. The van der Waals surface area contributed by atoms with Gasteiger partial charge in [0.05, 0.1) is 34.4 Å². The van der Waals surface area contributed by atoms with Gasteiger partial charge in [0, 0.05) is 12.8 Å². The Labute approximate surface area is 652 Å². The maximum Gasteiger partial charge on any atom is 0.361 e. The number of carboxylic acid groups (broad SMARTS) is 1. The monoisotopic (exact) mass is 1470 g/mol. The molecule has 0 amide bonds. The quantitative estimate of drug-likeness (QED) is 0.0211. The van der Waals surface area contributed by atoms with E-state index >= 15 is 0 Å². The molecule has 9 nitrogen and oxygen atoms in total. The first-order valence-electron chi connectivity index (χ1n) is 45.4. The summed E-state index contributed by atoms with van der Waals surface area (Å²) in [5.41, 5.74) is 0. The highest BCUT2D eigenvalue weighted by Gasteiger charge is 2.25. The number of unbranched alkanes of at least 4 members (excludes halogenated alkanes) is 54. The third-order valence-electron chi connectivity index (χ3n) is 20.3. The van der Waals surface area contributed by atoms with E-state index in [9.17, 15) is 19.5 Å². The Hall–Kier alpha value is -3.79. The largest absolute Gasteiger partial charge is 0.477 e. The molecule has 0 aromatic carbocycles. The van der Waals surface area contributed by atoms with Gasteiger partial charge in [-0.25, -0.2) is 4.79 Å². The molecule has 1 N–H and O–H groups in total. The van der Waals surface area contributed by atoms with Gasteiger partial charge in [-0.15, -0.1) is 0 Å². The molecule has 0 aliphatic rings. The predicted octanol–water partition coefficient (Wildman–Crippen LogP) is 29.8. The third-order valence-corrected chi connectivity index (χ3v) is 20.3. The number of rotatable bonds is 85. The number of likely N-dealkylation sites (N-methyl/N-ethyl adjacent to an activating group) is 1. The van der Waals surface area contributed by atoms with E-state index in [-0.39, 0.29) is 38.2 Å². The first-order chi connectivity index (χ1) is 51.6. The number of ether oxygens (including phenoxy) is 4. The van der Waals surface area contributed by atoms with Gasteiger partial charge in [-0.3, -0.25) is 9.59 Å². The number of allylic oxidation sites excluding steroid dienone is 16.